The molecule has 1 N–H and O–H groups in total. The van der Waals surface area contributed by atoms with Crippen LogP contribution in [-0.4, -0.2) is 24.1 Å². The zero-order chi connectivity index (χ0) is 23.0. The van der Waals surface area contributed by atoms with Gasteiger partial charge >= 0.3 is 18.4 Å². The van der Waals surface area contributed by atoms with Gasteiger partial charge in [-0.2, -0.15) is 26.3 Å². The summed E-state index contributed by atoms with van der Waals surface area (Å²) in [6, 6.07) is 6.06. The summed E-state index contributed by atoms with van der Waals surface area (Å²) in [5.41, 5.74) is -3.33. The summed E-state index contributed by atoms with van der Waals surface area (Å²) < 4.78 is 78.0. The fourth-order valence-electron chi connectivity index (χ4n) is 2.77. The number of hydrogen-bond acceptors (Lipinski definition) is 4. The van der Waals surface area contributed by atoms with E-state index in [0.717, 1.165) is 30.3 Å². The van der Waals surface area contributed by atoms with Gasteiger partial charge in [0.2, 0.25) is 5.91 Å². The van der Waals surface area contributed by atoms with Gasteiger partial charge in [-0.1, -0.05) is 18.2 Å². The van der Waals surface area contributed by atoms with E-state index in [4.69, 9.17) is 0 Å². The van der Waals surface area contributed by atoms with Crippen LogP contribution >= 0.6 is 0 Å². The number of amides is 4. The minimum atomic E-state index is -4.76. The highest BCUT2D eigenvalue weighted by Crippen LogP contribution is 2.36. The number of alkyl halides is 6. The molecule has 1 atom stereocenters. The summed E-state index contributed by atoms with van der Waals surface area (Å²) >= 11 is 0. The number of anilines is 1. The second-order valence-electron chi connectivity index (χ2n) is 6.29. The molecule has 1 heterocycles. The molecule has 0 aromatic heterocycles. The van der Waals surface area contributed by atoms with Crippen molar-refractivity contribution < 1.29 is 40.7 Å². The monoisotopic (exact) mass is 443 g/mol. The van der Waals surface area contributed by atoms with Crippen molar-refractivity contribution in [2.45, 2.75) is 12.4 Å². The van der Waals surface area contributed by atoms with Crippen LogP contribution in [0.15, 0.2) is 53.5 Å². The number of rotatable bonds is 3. The number of halogens is 6. The number of hydrogen-bond donors (Lipinski definition) is 1. The lowest BCUT2D eigenvalue weighted by Gasteiger charge is -2.28. The Bertz CT molecular complexity index is 1080. The van der Waals surface area contributed by atoms with E-state index < -0.39 is 58.6 Å². The van der Waals surface area contributed by atoms with Gasteiger partial charge in [0.05, 0.1) is 22.5 Å². The molecule has 1 aliphatic heterocycles. The van der Waals surface area contributed by atoms with Gasteiger partial charge in [0.15, 0.2) is 5.92 Å². The molecule has 0 unspecified atom stereocenters. The maximum atomic E-state index is 13.1. The van der Waals surface area contributed by atoms with Gasteiger partial charge in [0, 0.05) is 6.21 Å². The molecule has 6 nitrogen and oxygen atoms in total. The molecular weight excluding hydrogens is 432 g/mol. The molecule has 1 saturated heterocycles. The van der Waals surface area contributed by atoms with Crippen molar-refractivity contribution in [3.05, 3.63) is 59.7 Å². The highest BCUT2D eigenvalue weighted by atomic mass is 19.4. The first-order chi connectivity index (χ1) is 14.4. The van der Waals surface area contributed by atoms with Crippen molar-refractivity contribution in [3.63, 3.8) is 0 Å². The highest BCUT2D eigenvalue weighted by Gasteiger charge is 2.41. The van der Waals surface area contributed by atoms with Gasteiger partial charge in [-0.3, -0.25) is 19.9 Å². The van der Waals surface area contributed by atoms with Crippen LogP contribution in [0, 0.1) is 5.92 Å². The van der Waals surface area contributed by atoms with E-state index in [-0.39, 0.29) is 0 Å². The summed E-state index contributed by atoms with van der Waals surface area (Å²) in [4.78, 5) is 40.6. The first-order valence-corrected chi connectivity index (χ1v) is 8.46. The number of barbiturate groups is 1. The van der Waals surface area contributed by atoms with Crippen molar-refractivity contribution in [2.75, 3.05) is 4.90 Å². The third-order valence-corrected chi connectivity index (χ3v) is 4.21. The number of para-hydroxylation sites is 1. The smallest absolute Gasteiger partial charge is 0.276 e. The fraction of sp³-hybridized carbons (Fsp3) is 0.158. The standard InChI is InChI=1S/C19H11F6N3O3/c20-18(21,22)10-4-3-5-11(8-10)28-16(30)12(15(29)27-17(28)31)9-26-14-7-2-1-6-13(14)19(23,24)25/h1-9,12H,(H,27,29,31)/t12-/m1/s1. The zero-order valence-corrected chi connectivity index (χ0v) is 15.2. The number of benzene rings is 2. The van der Waals surface area contributed by atoms with Crippen LogP contribution in [0.25, 0.3) is 0 Å². The van der Waals surface area contributed by atoms with Crippen LogP contribution in [0.2, 0.25) is 0 Å². The molecule has 3 rings (SSSR count). The number of nitrogens with one attached hydrogen (secondary N) is 1. The number of carbonyl (C=O) groups is 3. The molecule has 2 aromatic rings. The molecule has 1 fully saturated rings. The predicted octanol–water partition coefficient (Wildman–Crippen LogP) is 4.33. The maximum Gasteiger partial charge on any atom is 0.418 e. The Labute approximate surface area is 170 Å². The Morgan fingerprint density at radius 3 is 2.23 bits per heavy atom. The SMILES string of the molecule is O=C1NC(=O)N(c2cccc(C(F)(F)F)c2)C(=O)[C@@H]1C=Nc1ccccc1C(F)(F)F. The highest BCUT2D eigenvalue weighted by molar-refractivity contribution is 6.32. The summed E-state index contributed by atoms with van der Waals surface area (Å²) in [5.74, 6) is -4.28. The molecular formula is C19H11F6N3O3. The van der Waals surface area contributed by atoms with Crippen LogP contribution in [-0.2, 0) is 21.9 Å². The molecule has 1 aliphatic rings. The lowest BCUT2D eigenvalue weighted by atomic mass is 10.0. The van der Waals surface area contributed by atoms with Crippen LogP contribution in [0.1, 0.15) is 11.1 Å². The van der Waals surface area contributed by atoms with Crippen LogP contribution in [0.3, 0.4) is 0 Å². The topological polar surface area (TPSA) is 78.8 Å². The van der Waals surface area contributed by atoms with Gasteiger partial charge in [0.1, 0.15) is 0 Å². The van der Waals surface area contributed by atoms with Crippen molar-refractivity contribution in [3.8, 4) is 0 Å². The normalized spacial score (nSPS) is 17.9. The molecule has 162 valence electrons. The Balaban J connectivity index is 1.96. The maximum absolute atomic E-state index is 13.1. The van der Waals surface area contributed by atoms with E-state index in [2.05, 4.69) is 4.99 Å². The lowest BCUT2D eigenvalue weighted by molar-refractivity contribution is -0.138. The molecule has 0 saturated carbocycles. The van der Waals surface area contributed by atoms with Crippen molar-refractivity contribution >= 4 is 35.4 Å². The van der Waals surface area contributed by atoms with Crippen LogP contribution in [0.4, 0.5) is 42.5 Å². The second-order valence-corrected chi connectivity index (χ2v) is 6.29. The third kappa shape index (κ3) is 4.57. The average Bonchev–Trinajstić information content (AvgIpc) is 2.66. The molecule has 0 spiro atoms. The zero-order valence-electron chi connectivity index (χ0n) is 15.2. The summed E-state index contributed by atoms with van der Waals surface area (Å²) in [7, 11) is 0. The number of aliphatic imine (C=N–C) groups is 1. The van der Waals surface area contributed by atoms with E-state index in [9.17, 15) is 40.7 Å². The summed E-state index contributed by atoms with van der Waals surface area (Å²) in [6.07, 6.45) is -8.91. The van der Waals surface area contributed by atoms with Crippen molar-refractivity contribution in [2.24, 2.45) is 10.9 Å². The van der Waals surface area contributed by atoms with Gasteiger partial charge in [-0.15, -0.1) is 0 Å². The lowest BCUT2D eigenvalue weighted by Crippen LogP contribution is -2.58. The first-order valence-electron chi connectivity index (χ1n) is 8.46. The minimum absolute atomic E-state index is 0.295. The van der Waals surface area contributed by atoms with Crippen LogP contribution in [0.5, 0.6) is 0 Å². The van der Waals surface area contributed by atoms with Gasteiger partial charge in [0.25, 0.3) is 5.91 Å². The van der Waals surface area contributed by atoms with Gasteiger partial charge < -0.3 is 0 Å². The van der Waals surface area contributed by atoms with E-state index >= 15 is 0 Å². The molecule has 0 bridgehead atoms. The number of urea groups is 1. The molecule has 12 heteroatoms. The average molecular weight is 443 g/mol. The van der Waals surface area contributed by atoms with Crippen LogP contribution < -0.4 is 10.2 Å². The molecule has 2 aromatic carbocycles. The Morgan fingerprint density at radius 2 is 1.58 bits per heavy atom. The second kappa shape index (κ2) is 7.85. The predicted molar refractivity (Wildman–Crippen MR) is 95.6 cm³/mol. The summed E-state index contributed by atoms with van der Waals surface area (Å²) in [6.45, 7) is 0. The van der Waals surface area contributed by atoms with Crippen molar-refractivity contribution in [1.29, 1.82) is 0 Å². The summed E-state index contributed by atoms with van der Waals surface area (Å²) in [5, 5.41) is 1.78. The van der Waals surface area contributed by atoms with Gasteiger partial charge in [-0.05, 0) is 30.3 Å². The molecule has 4 amide bonds. The molecule has 0 radical (unpaired) electrons. The number of imide groups is 2. The molecule has 0 aliphatic carbocycles. The van der Waals surface area contributed by atoms with E-state index in [0.29, 0.717) is 23.2 Å². The Kier molecular flexibility index (Phi) is 5.57. The van der Waals surface area contributed by atoms with Crippen molar-refractivity contribution in [1.82, 2.24) is 5.32 Å². The van der Waals surface area contributed by atoms with E-state index in [1.54, 1.807) is 5.32 Å². The number of nitrogens with zero attached hydrogens (tertiary/aromatic N) is 2. The third-order valence-electron chi connectivity index (χ3n) is 4.21. The first kappa shape index (κ1) is 22.0. The van der Waals surface area contributed by atoms with E-state index in [1.165, 1.54) is 6.07 Å². The Morgan fingerprint density at radius 1 is 0.903 bits per heavy atom. The fourth-order valence-corrected chi connectivity index (χ4v) is 2.77. The number of carbonyl (C=O) groups excluding carboxylic acids is 3. The van der Waals surface area contributed by atoms with E-state index in [1.807, 2.05) is 0 Å². The quantitative estimate of drug-likeness (QED) is 0.436. The largest absolute Gasteiger partial charge is 0.418 e. The molecule has 31 heavy (non-hydrogen) atoms. The Hall–Kier alpha value is -3.70. The van der Waals surface area contributed by atoms with Gasteiger partial charge in [-0.25, -0.2) is 9.69 Å². The minimum Gasteiger partial charge on any atom is -0.276 e.